The molecule has 0 aliphatic carbocycles. The van der Waals surface area contributed by atoms with Crippen LogP contribution in [-0.2, 0) is 9.63 Å². The van der Waals surface area contributed by atoms with E-state index < -0.39 is 6.10 Å². The average molecular weight is 237 g/mol. The zero-order valence-corrected chi connectivity index (χ0v) is 9.80. The maximum absolute atomic E-state index is 11.7. The van der Waals surface area contributed by atoms with E-state index in [1.54, 1.807) is 19.9 Å². The Bertz CT molecular complexity index is 407. The molecular weight excluding hydrogens is 222 g/mol. The van der Waals surface area contributed by atoms with E-state index in [1.807, 2.05) is 18.2 Å². The first-order valence-electron chi connectivity index (χ1n) is 5.56. The lowest BCUT2D eigenvalue weighted by Gasteiger charge is -2.30. The van der Waals surface area contributed by atoms with Gasteiger partial charge in [0.25, 0.3) is 5.91 Å². The van der Waals surface area contributed by atoms with Gasteiger partial charge in [-0.1, -0.05) is 12.1 Å². The van der Waals surface area contributed by atoms with E-state index in [4.69, 9.17) is 14.3 Å². The second kappa shape index (κ2) is 5.05. The van der Waals surface area contributed by atoms with Crippen molar-refractivity contribution >= 4 is 5.91 Å². The molecule has 0 radical (unpaired) electrons. The Morgan fingerprint density at radius 2 is 2.00 bits per heavy atom. The van der Waals surface area contributed by atoms with Crippen molar-refractivity contribution in [2.75, 3.05) is 6.61 Å². The molecule has 1 heterocycles. The summed E-state index contributed by atoms with van der Waals surface area (Å²) in [6.07, 6.45) is -1.05. The molecule has 1 aromatic rings. The Morgan fingerprint density at radius 1 is 1.35 bits per heavy atom. The summed E-state index contributed by atoms with van der Waals surface area (Å²) in [7, 11) is 0. The molecule has 1 aliphatic rings. The zero-order chi connectivity index (χ0) is 12.3. The summed E-state index contributed by atoms with van der Waals surface area (Å²) in [5.74, 6) is 0.886. The Kier molecular flexibility index (Phi) is 3.49. The largest absolute Gasteiger partial charge is 0.482 e. The smallest absolute Gasteiger partial charge is 0.288 e. The Balaban J connectivity index is 2.09. The predicted molar refractivity (Wildman–Crippen MR) is 60.7 cm³/mol. The highest BCUT2D eigenvalue weighted by Crippen LogP contribution is 2.33. The zero-order valence-electron chi connectivity index (χ0n) is 9.80. The number of hydrogen-bond acceptors (Lipinski definition) is 4. The van der Waals surface area contributed by atoms with Crippen molar-refractivity contribution in [2.45, 2.75) is 26.1 Å². The molecule has 92 valence electrons. The predicted octanol–water partition coefficient (Wildman–Crippen LogP) is 1.28. The van der Waals surface area contributed by atoms with E-state index in [-0.39, 0.29) is 12.0 Å². The highest BCUT2D eigenvalue weighted by molar-refractivity contribution is 5.81. The van der Waals surface area contributed by atoms with Crippen LogP contribution < -0.4 is 15.0 Å². The van der Waals surface area contributed by atoms with E-state index in [1.165, 1.54) is 0 Å². The van der Waals surface area contributed by atoms with Crippen LogP contribution in [0.4, 0.5) is 0 Å². The van der Waals surface area contributed by atoms with Gasteiger partial charge in [-0.3, -0.25) is 9.63 Å². The maximum atomic E-state index is 11.7. The molecule has 0 spiro atoms. The third kappa shape index (κ3) is 2.50. The fourth-order valence-corrected chi connectivity index (χ4v) is 1.61. The van der Waals surface area contributed by atoms with Crippen molar-refractivity contribution in [3.63, 3.8) is 0 Å². The number of hydrogen-bond donors (Lipinski definition) is 1. The minimum Gasteiger partial charge on any atom is -0.482 e. The van der Waals surface area contributed by atoms with E-state index >= 15 is 0 Å². The van der Waals surface area contributed by atoms with Crippen LogP contribution in [0.25, 0.3) is 0 Å². The third-order valence-electron chi connectivity index (χ3n) is 2.42. The Labute approximate surface area is 99.6 Å². The summed E-state index contributed by atoms with van der Waals surface area (Å²) >= 11 is 0. The SMILES string of the molecule is CCONC(=O)[C@H]1Oc2ccccc2O[C@@H]1C. The summed E-state index contributed by atoms with van der Waals surface area (Å²) in [6.45, 7) is 3.98. The van der Waals surface area contributed by atoms with Crippen LogP contribution >= 0.6 is 0 Å². The summed E-state index contributed by atoms with van der Waals surface area (Å²) in [4.78, 5) is 16.6. The van der Waals surface area contributed by atoms with Gasteiger partial charge in [-0.15, -0.1) is 0 Å². The van der Waals surface area contributed by atoms with Crippen molar-refractivity contribution in [3.05, 3.63) is 24.3 Å². The minimum atomic E-state index is -0.698. The van der Waals surface area contributed by atoms with Crippen LogP contribution in [0.1, 0.15) is 13.8 Å². The molecule has 0 saturated heterocycles. The number of carbonyl (C=O) groups excluding carboxylic acids is 1. The lowest BCUT2D eigenvalue weighted by atomic mass is 10.1. The molecule has 2 atom stereocenters. The molecular formula is C12H15NO4. The Hall–Kier alpha value is -1.75. The van der Waals surface area contributed by atoms with E-state index in [0.717, 1.165) is 0 Å². The standard InChI is InChI=1S/C12H15NO4/c1-3-15-13-12(14)11-8(2)16-9-6-4-5-7-10(9)17-11/h4-8,11H,3H2,1-2H3,(H,13,14)/t8-,11+/m1/s1. The number of benzene rings is 1. The van der Waals surface area contributed by atoms with Gasteiger partial charge in [0.2, 0.25) is 6.10 Å². The maximum Gasteiger partial charge on any atom is 0.288 e. The van der Waals surface area contributed by atoms with Gasteiger partial charge in [-0.2, -0.15) is 0 Å². The summed E-state index contributed by atoms with van der Waals surface area (Å²) in [5, 5.41) is 0. The first-order valence-corrected chi connectivity index (χ1v) is 5.56. The van der Waals surface area contributed by atoms with Gasteiger partial charge in [0.15, 0.2) is 11.5 Å². The van der Waals surface area contributed by atoms with Gasteiger partial charge in [0.05, 0.1) is 6.61 Å². The van der Waals surface area contributed by atoms with Gasteiger partial charge in [0, 0.05) is 0 Å². The number of hydroxylamine groups is 1. The fraction of sp³-hybridized carbons (Fsp3) is 0.417. The molecule has 0 bridgehead atoms. The molecule has 0 saturated carbocycles. The average Bonchev–Trinajstić information content (AvgIpc) is 2.35. The van der Waals surface area contributed by atoms with Gasteiger partial charge < -0.3 is 9.47 Å². The van der Waals surface area contributed by atoms with Gasteiger partial charge in [-0.25, -0.2) is 5.48 Å². The molecule has 1 aromatic carbocycles. The molecule has 0 unspecified atom stereocenters. The van der Waals surface area contributed by atoms with Gasteiger partial charge in [-0.05, 0) is 26.0 Å². The van der Waals surface area contributed by atoms with E-state index in [9.17, 15) is 4.79 Å². The molecule has 1 N–H and O–H groups in total. The molecule has 1 aliphatic heterocycles. The van der Waals surface area contributed by atoms with Crippen LogP contribution in [0.15, 0.2) is 24.3 Å². The second-order valence-corrected chi connectivity index (χ2v) is 3.71. The number of carbonyl (C=O) groups is 1. The van der Waals surface area contributed by atoms with Crippen molar-refractivity contribution < 1.29 is 19.1 Å². The van der Waals surface area contributed by atoms with E-state index in [2.05, 4.69) is 5.48 Å². The molecule has 0 fully saturated rings. The van der Waals surface area contributed by atoms with Crippen LogP contribution in [0.5, 0.6) is 11.5 Å². The summed E-state index contributed by atoms with van der Waals surface area (Å²) in [6, 6.07) is 7.26. The highest BCUT2D eigenvalue weighted by Gasteiger charge is 2.34. The second-order valence-electron chi connectivity index (χ2n) is 3.71. The van der Waals surface area contributed by atoms with Crippen molar-refractivity contribution in [1.82, 2.24) is 5.48 Å². The number of para-hydroxylation sites is 2. The van der Waals surface area contributed by atoms with Crippen LogP contribution in [0.2, 0.25) is 0 Å². The van der Waals surface area contributed by atoms with Gasteiger partial charge >= 0.3 is 0 Å². The number of amides is 1. The van der Waals surface area contributed by atoms with Crippen LogP contribution in [-0.4, -0.2) is 24.7 Å². The van der Waals surface area contributed by atoms with Crippen molar-refractivity contribution in [2.24, 2.45) is 0 Å². The summed E-state index contributed by atoms with van der Waals surface area (Å²) in [5.41, 5.74) is 2.32. The normalized spacial score (nSPS) is 22.0. The molecule has 17 heavy (non-hydrogen) atoms. The van der Waals surface area contributed by atoms with Gasteiger partial charge in [0.1, 0.15) is 6.10 Å². The lowest BCUT2D eigenvalue weighted by molar-refractivity contribution is -0.145. The molecule has 0 aromatic heterocycles. The number of rotatable bonds is 3. The van der Waals surface area contributed by atoms with Crippen molar-refractivity contribution in [3.8, 4) is 11.5 Å². The summed E-state index contributed by atoms with van der Waals surface area (Å²) < 4.78 is 11.2. The fourth-order valence-electron chi connectivity index (χ4n) is 1.61. The Morgan fingerprint density at radius 3 is 2.65 bits per heavy atom. The van der Waals surface area contributed by atoms with Crippen LogP contribution in [0.3, 0.4) is 0 Å². The molecule has 5 nitrogen and oxygen atoms in total. The highest BCUT2D eigenvalue weighted by atomic mass is 16.7. The molecule has 2 rings (SSSR count). The number of nitrogens with one attached hydrogen (secondary N) is 1. The lowest BCUT2D eigenvalue weighted by Crippen LogP contribution is -2.48. The molecule has 1 amide bonds. The quantitative estimate of drug-likeness (QED) is 0.805. The van der Waals surface area contributed by atoms with E-state index in [0.29, 0.717) is 18.1 Å². The van der Waals surface area contributed by atoms with Crippen molar-refractivity contribution in [1.29, 1.82) is 0 Å². The monoisotopic (exact) mass is 237 g/mol. The first kappa shape index (κ1) is 11.7. The topological polar surface area (TPSA) is 56.8 Å². The van der Waals surface area contributed by atoms with Crippen LogP contribution in [0, 0.1) is 0 Å². The molecule has 5 heteroatoms. The minimum absolute atomic E-state index is 0.339. The first-order chi connectivity index (χ1) is 8.22. The third-order valence-corrected chi connectivity index (χ3v) is 2.42. The number of fused-ring (bicyclic) bond motifs is 1. The number of ether oxygens (including phenoxy) is 2.